The molecule has 6 N–H and O–H groups in total. The Morgan fingerprint density at radius 1 is 0.571 bits per heavy atom. The van der Waals surface area contributed by atoms with E-state index in [-0.39, 0.29) is 36.4 Å². The monoisotopic (exact) mass is 764 g/mol. The molecule has 0 aromatic heterocycles. The van der Waals surface area contributed by atoms with Gasteiger partial charge in [0.15, 0.2) is 0 Å². The second-order valence-electron chi connectivity index (χ2n) is 17.0. The summed E-state index contributed by atoms with van der Waals surface area (Å²) < 4.78 is 11.4. The molecule has 10 nitrogen and oxygen atoms in total. The number of carbonyl (C=O) groups is 2. The Labute approximate surface area is 332 Å². The zero-order valence-electron chi connectivity index (χ0n) is 33.7. The SMILES string of the molecule is CC(C)(C)OC(=O)N1[C@@H](Cc2ccc(N)cc2)CC[C@@H]1[C@H](O)c1ccccc1.CC(C)(C)OC(=O)N1[C@H](Cc2ccc(N)cc2)CC[C@@H]1[C@H](O)c1ccccc1. The number of aliphatic hydroxyl groups excluding tert-OH is 2. The van der Waals surface area contributed by atoms with Crippen LogP contribution in [0.3, 0.4) is 0 Å². The van der Waals surface area contributed by atoms with Crippen LogP contribution < -0.4 is 11.5 Å². The van der Waals surface area contributed by atoms with Crippen molar-refractivity contribution in [1.29, 1.82) is 0 Å². The molecule has 300 valence electrons. The molecular formula is C46H60N4O6. The van der Waals surface area contributed by atoms with Gasteiger partial charge in [0.1, 0.15) is 11.2 Å². The standard InChI is InChI=1S/2C23H30N2O3/c2*1-23(2,3)28-22(27)25-19(15-16-9-11-18(24)12-10-16)13-14-20(25)21(26)17-7-5-4-6-8-17/h2*4-12,19-21,26H,13-15,24H2,1-3H3/t19-,20+,21+;19-,20-,21-/m01/s1. The number of benzene rings is 4. The van der Waals surface area contributed by atoms with Crippen molar-refractivity contribution in [3.8, 4) is 0 Å². The first-order valence-corrected chi connectivity index (χ1v) is 19.7. The third kappa shape index (κ3) is 11.5. The van der Waals surface area contributed by atoms with Crippen LogP contribution >= 0.6 is 0 Å². The van der Waals surface area contributed by atoms with Gasteiger partial charge in [0.2, 0.25) is 0 Å². The number of anilines is 2. The largest absolute Gasteiger partial charge is 0.444 e. The average molecular weight is 765 g/mol. The van der Waals surface area contributed by atoms with Gasteiger partial charge in [0, 0.05) is 23.5 Å². The fraction of sp³-hybridized carbons (Fsp3) is 0.435. The minimum atomic E-state index is -0.745. The Morgan fingerprint density at radius 3 is 1.20 bits per heavy atom. The fourth-order valence-corrected chi connectivity index (χ4v) is 7.64. The number of nitrogen functional groups attached to an aromatic ring is 2. The van der Waals surface area contributed by atoms with Crippen molar-refractivity contribution >= 4 is 23.6 Å². The minimum absolute atomic E-state index is 0.0261. The minimum Gasteiger partial charge on any atom is -0.444 e. The van der Waals surface area contributed by atoms with Crippen LogP contribution in [0.4, 0.5) is 21.0 Å². The van der Waals surface area contributed by atoms with E-state index in [1.54, 1.807) is 9.80 Å². The van der Waals surface area contributed by atoms with Gasteiger partial charge < -0.3 is 31.2 Å². The molecule has 56 heavy (non-hydrogen) atoms. The Bertz CT molecular complexity index is 1700. The zero-order valence-corrected chi connectivity index (χ0v) is 33.7. The molecule has 4 aromatic carbocycles. The molecule has 0 radical (unpaired) electrons. The molecule has 6 rings (SSSR count). The summed E-state index contributed by atoms with van der Waals surface area (Å²) in [5.41, 5.74) is 15.7. The molecule has 6 atom stereocenters. The molecule has 0 spiro atoms. The zero-order chi connectivity index (χ0) is 40.6. The van der Waals surface area contributed by atoms with Crippen LogP contribution in [0.2, 0.25) is 0 Å². The van der Waals surface area contributed by atoms with Crippen LogP contribution in [0.1, 0.15) is 102 Å². The highest BCUT2D eigenvalue weighted by atomic mass is 16.6. The van der Waals surface area contributed by atoms with Crippen LogP contribution in [0.15, 0.2) is 109 Å². The lowest BCUT2D eigenvalue weighted by Crippen LogP contribution is -2.47. The Kier molecular flexibility index (Phi) is 13.7. The van der Waals surface area contributed by atoms with Gasteiger partial charge in [-0.15, -0.1) is 0 Å². The molecule has 2 heterocycles. The van der Waals surface area contributed by atoms with Crippen LogP contribution in [-0.2, 0) is 22.3 Å². The van der Waals surface area contributed by atoms with Gasteiger partial charge in [-0.25, -0.2) is 9.59 Å². The highest BCUT2D eigenvalue weighted by Crippen LogP contribution is 2.37. The molecule has 2 aliphatic heterocycles. The molecule has 0 saturated carbocycles. The van der Waals surface area contributed by atoms with Gasteiger partial charge in [0.25, 0.3) is 0 Å². The number of nitrogens with two attached hydrogens (primary N) is 2. The summed E-state index contributed by atoms with van der Waals surface area (Å²) in [5.74, 6) is 0. The van der Waals surface area contributed by atoms with Crippen molar-refractivity contribution in [3.05, 3.63) is 131 Å². The van der Waals surface area contributed by atoms with E-state index in [1.165, 1.54) is 0 Å². The van der Waals surface area contributed by atoms with Gasteiger partial charge in [-0.2, -0.15) is 0 Å². The highest BCUT2D eigenvalue weighted by Gasteiger charge is 2.44. The molecule has 2 amide bonds. The van der Waals surface area contributed by atoms with Gasteiger partial charge in [-0.05, 0) is 127 Å². The third-order valence-corrected chi connectivity index (χ3v) is 10.2. The molecular weight excluding hydrogens is 705 g/mol. The number of carbonyl (C=O) groups excluding carboxylic acids is 2. The molecule has 0 bridgehead atoms. The molecule has 2 fully saturated rings. The summed E-state index contributed by atoms with van der Waals surface area (Å²) >= 11 is 0. The molecule has 4 aromatic rings. The lowest BCUT2D eigenvalue weighted by molar-refractivity contribution is -0.00515. The fourth-order valence-electron chi connectivity index (χ4n) is 7.64. The van der Waals surface area contributed by atoms with Crippen molar-refractivity contribution in [2.75, 3.05) is 11.5 Å². The summed E-state index contributed by atoms with van der Waals surface area (Å²) in [4.78, 5) is 29.6. The smallest absolute Gasteiger partial charge is 0.410 e. The molecule has 2 saturated heterocycles. The van der Waals surface area contributed by atoms with E-state index in [2.05, 4.69) is 0 Å². The predicted molar refractivity (Wildman–Crippen MR) is 222 cm³/mol. The summed E-state index contributed by atoms with van der Waals surface area (Å²) in [6.07, 6.45) is 2.28. The first-order valence-electron chi connectivity index (χ1n) is 19.7. The maximum Gasteiger partial charge on any atom is 0.410 e. The summed E-state index contributed by atoms with van der Waals surface area (Å²) in [6.45, 7) is 11.2. The number of hydrogen-bond donors (Lipinski definition) is 4. The van der Waals surface area contributed by atoms with E-state index in [9.17, 15) is 19.8 Å². The van der Waals surface area contributed by atoms with Gasteiger partial charge in [-0.3, -0.25) is 9.80 Å². The van der Waals surface area contributed by atoms with Gasteiger partial charge >= 0.3 is 12.2 Å². The van der Waals surface area contributed by atoms with Crippen molar-refractivity contribution in [2.45, 2.75) is 128 Å². The lowest BCUT2D eigenvalue weighted by Gasteiger charge is -2.35. The summed E-state index contributed by atoms with van der Waals surface area (Å²) in [5, 5.41) is 22.0. The van der Waals surface area contributed by atoms with Gasteiger partial charge in [-0.1, -0.05) is 84.9 Å². The van der Waals surface area contributed by atoms with Crippen molar-refractivity contribution in [1.82, 2.24) is 9.80 Å². The molecule has 0 unspecified atom stereocenters. The number of likely N-dealkylation sites (tertiary alicyclic amines) is 2. The number of hydrogen-bond acceptors (Lipinski definition) is 8. The van der Waals surface area contributed by atoms with E-state index < -0.39 is 23.4 Å². The Morgan fingerprint density at radius 2 is 0.893 bits per heavy atom. The van der Waals surface area contributed by atoms with Crippen LogP contribution in [0.5, 0.6) is 0 Å². The van der Waals surface area contributed by atoms with E-state index in [0.29, 0.717) is 12.8 Å². The molecule has 2 aliphatic rings. The number of ether oxygens (including phenoxy) is 2. The number of nitrogens with zero attached hydrogens (tertiary/aromatic N) is 2. The van der Waals surface area contributed by atoms with Crippen molar-refractivity contribution < 1.29 is 29.3 Å². The second-order valence-corrected chi connectivity index (χ2v) is 17.0. The topological polar surface area (TPSA) is 152 Å². The van der Waals surface area contributed by atoms with E-state index in [0.717, 1.165) is 59.3 Å². The predicted octanol–water partition coefficient (Wildman–Crippen LogP) is 8.63. The van der Waals surface area contributed by atoms with Crippen molar-refractivity contribution in [3.63, 3.8) is 0 Å². The average Bonchev–Trinajstić information content (AvgIpc) is 3.77. The highest BCUT2D eigenvalue weighted by molar-refractivity contribution is 5.70. The lowest BCUT2D eigenvalue weighted by atomic mass is 10.0. The Hall–Kier alpha value is -5.06. The summed E-state index contributed by atoms with van der Waals surface area (Å²) in [6, 6.07) is 33.8. The molecule has 0 aliphatic carbocycles. The van der Waals surface area contributed by atoms with Gasteiger partial charge in [0.05, 0.1) is 24.3 Å². The maximum absolute atomic E-state index is 13.0. The number of aliphatic hydroxyl groups is 2. The van der Waals surface area contributed by atoms with Crippen LogP contribution in [0.25, 0.3) is 0 Å². The van der Waals surface area contributed by atoms with E-state index in [1.807, 2.05) is 151 Å². The van der Waals surface area contributed by atoms with Crippen LogP contribution in [-0.4, -0.2) is 67.6 Å². The first kappa shape index (κ1) is 42.1. The first-order chi connectivity index (χ1) is 26.5. The number of amides is 2. The molecule has 10 heteroatoms. The van der Waals surface area contributed by atoms with E-state index >= 15 is 0 Å². The Balaban J connectivity index is 0.000000214. The normalized spacial score (nSPS) is 20.8. The summed E-state index contributed by atoms with van der Waals surface area (Å²) in [7, 11) is 0. The second kappa shape index (κ2) is 18.3. The third-order valence-electron chi connectivity index (χ3n) is 10.2. The number of rotatable bonds is 8. The maximum atomic E-state index is 13.0. The van der Waals surface area contributed by atoms with Crippen molar-refractivity contribution in [2.24, 2.45) is 0 Å². The van der Waals surface area contributed by atoms with E-state index in [4.69, 9.17) is 20.9 Å². The van der Waals surface area contributed by atoms with Crippen LogP contribution in [0, 0.1) is 0 Å². The quantitative estimate of drug-likeness (QED) is 0.130.